The molecular formula is C11H14ClNO3. The molecule has 0 aromatic heterocycles. The number of halogens is 1. The van der Waals surface area contributed by atoms with Gasteiger partial charge in [0, 0.05) is 25.3 Å². The van der Waals surface area contributed by atoms with Crippen molar-refractivity contribution in [3.8, 4) is 5.75 Å². The second-order valence-electron chi connectivity index (χ2n) is 3.26. The van der Waals surface area contributed by atoms with Gasteiger partial charge in [-0.2, -0.15) is 0 Å². The molecule has 0 aliphatic rings. The number of hydrogen-bond donors (Lipinski definition) is 2. The molecule has 0 fully saturated rings. The molecule has 2 N–H and O–H groups in total. The van der Waals surface area contributed by atoms with E-state index in [-0.39, 0.29) is 17.2 Å². The van der Waals surface area contributed by atoms with Crippen LogP contribution in [0.25, 0.3) is 0 Å². The van der Waals surface area contributed by atoms with E-state index < -0.39 is 0 Å². The number of hydrogen-bond acceptors (Lipinski definition) is 3. The summed E-state index contributed by atoms with van der Waals surface area (Å²) in [6, 6.07) is 4.35. The first kappa shape index (κ1) is 12.8. The van der Waals surface area contributed by atoms with E-state index in [0.717, 1.165) is 6.42 Å². The van der Waals surface area contributed by atoms with Gasteiger partial charge >= 0.3 is 0 Å². The highest BCUT2D eigenvalue weighted by atomic mass is 35.5. The first-order chi connectivity index (χ1) is 7.65. The minimum absolute atomic E-state index is 0.0753. The lowest BCUT2D eigenvalue weighted by molar-refractivity contribution is 0.0946. The average Bonchev–Trinajstić information content (AvgIpc) is 2.27. The van der Waals surface area contributed by atoms with Gasteiger partial charge in [-0.15, -0.1) is 0 Å². The Morgan fingerprint density at radius 2 is 2.31 bits per heavy atom. The maximum absolute atomic E-state index is 11.6. The lowest BCUT2D eigenvalue weighted by Crippen LogP contribution is -2.25. The van der Waals surface area contributed by atoms with Crippen LogP contribution in [0.15, 0.2) is 18.2 Å². The lowest BCUT2D eigenvalue weighted by atomic mass is 10.2. The highest BCUT2D eigenvalue weighted by Crippen LogP contribution is 2.21. The third-order valence-corrected chi connectivity index (χ3v) is 2.25. The summed E-state index contributed by atoms with van der Waals surface area (Å²) in [7, 11) is 1.60. The van der Waals surface area contributed by atoms with Crippen LogP contribution in [0, 0.1) is 0 Å². The Morgan fingerprint density at radius 3 is 3.00 bits per heavy atom. The number of carbonyl (C=O) groups is 1. The van der Waals surface area contributed by atoms with Crippen LogP contribution in [0.3, 0.4) is 0 Å². The van der Waals surface area contributed by atoms with Crippen molar-refractivity contribution in [3.05, 3.63) is 28.8 Å². The zero-order chi connectivity index (χ0) is 12.0. The Kier molecular flexibility index (Phi) is 5.08. The molecule has 0 radical (unpaired) electrons. The van der Waals surface area contributed by atoms with Crippen molar-refractivity contribution in [1.29, 1.82) is 0 Å². The largest absolute Gasteiger partial charge is 0.507 e. The summed E-state index contributed by atoms with van der Waals surface area (Å²) >= 11 is 5.73. The fourth-order valence-corrected chi connectivity index (χ4v) is 1.38. The zero-order valence-corrected chi connectivity index (χ0v) is 9.75. The molecule has 0 spiro atoms. The molecule has 88 valence electrons. The van der Waals surface area contributed by atoms with E-state index in [1.807, 2.05) is 0 Å². The van der Waals surface area contributed by atoms with Crippen molar-refractivity contribution in [1.82, 2.24) is 5.32 Å². The number of rotatable bonds is 5. The molecule has 0 saturated heterocycles. The summed E-state index contributed by atoms with van der Waals surface area (Å²) in [5.41, 5.74) is 0.185. The van der Waals surface area contributed by atoms with Gasteiger partial charge in [0.15, 0.2) is 0 Å². The number of carbonyl (C=O) groups excluding carboxylic acids is 1. The third kappa shape index (κ3) is 3.72. The molecule has 1 amide bonds. The maximum atomic E-state index is 11.6. The van der Waals surface area contributed by atoms with Crippen molar-refractivity contribution in [3.63, 3.8) is 0 Å². The van der Waals surface area contributed by atoms with Gasteiger partial charge in [-0.3, -0.25) is 4.79 Å². The molecule has 0 atom stereocenters. The second-order valence-corrected chi connectivity index (χ2v) is 3.70. The fourth-order valence-electron chi connectivity index (χ4n) is 1.20. The van der Waals surface area contributed by atoms with Crippen molar-refractivity contribution in [2.24, 2.45) is 0 Å². The van der Waals surface area contributed by atoms with Crippen LogP contribution < -0.4 is 5.32 Å². The van der Waals surface area contributed by atoms with Crippen molar-refractivity contribution in [2.45, 2.75) is 6.42 Å². The summed E-state index contributed by atoms with van der Waals surface area (Å²) in [5.74, 6) is -0.412. The molecule has 0 bridgehead atoms. The summed E-state index contributed by atoms with van der Waals surface area (Å²) in [4.78, 5) is 11.6. The minimum Gasteiger partial charge on any atom is -0.507 e. The van der Waals surface area contributed by atoms with Crippen LogP contribution in [-0.4, -0.2) is 31.3 Å². The molecule has 16 heavy (non-hydrogen) atoms. The number of aromatic hydroxyl groups is 1. The number of phenols is 1. The van der Waals surface area contributed by atoms with Crippen LogP contribution in [0.4, 0.5) is 0 Å². The predicted octanol–water partition coefficient (Wildman–Crippen LogP) is 1.81. The number of benzene rings is 1. The predicted molar refractivity (Wildman–Crippen MR) is 61.9 cm³/mol. The lowest BCUT2D eigenvalue weighted by Gasteiger charge is -2.06. The van der Waals surface area contributed by atoms with Gasteiger partial charge in [-0.05, 0) is 24.6 Å². The SMILES string of the molecule is COCCCNC(=O)c1cc(Cl)ccc1O. The molecular weight excluding hydrogens is 230 g/mol. The molecule has 1 aromatic rings. The van der Waals surface area contributed by atoms with Crippen molar-refractivity contribution in [2.75, 3.05) is 20.3 Å². The van der Waals surface area contributed by atoms with E-state index in [4.69, 9.17) is 16.3 Å². The first-order valence-corrected chi connectivity index (χ1v) is 5.28. The van der Waals surface area contributed by atoms with Crippen LogP contribution in [0.5, 0.6) is 5.75 Å². The molecule has 1 rings (SSSR count). The second kappa shape index (κ2) is 6.35. The quantitative estimate of drug-likeness (QED) is 0.776. The molecule has 0 saturated carbocycles. The summed E-state index contributed by atoms with van der Waals surface area (Å²) in [5, 5.41) is 12.5. The fraction of sp³-hybridized carbons (Fsp3) is 0.364. The molecule has 0 unspecified atom stereocenters. The standard InChI is InChI=1S/C11H14ClNO3/c1-16-6-2-5-13-11(15)9-7-8(12)3-4-10(9)14/h3-4,7,14H,2,5-6H2,1H3,(H,13,15). The maximum Gasteiger partial charge on any atom is 0.255 e. The monoisotopic (exact) mass is 243 g/mol. The van der Waals surface area contributed by atoms with Crippen LogP contribution >= 0.6 is 11.6 Å². The highest BCUT2D eigenvalue weighted by Gasteiger charge is 2.10. The van der Waals surface area contributed by atoms with Gasteiger partial charge in [0.25, 0.3) is 5.91 Å². The molecule has 0 heterocycles. The van der Waals surface area contributed by atoms with E-state index >= 15 is 0 Å². The Bertz CT molecular complexity index is 368. The number of amides is 1. The Balaban J connectivity index is 2.55. The highest BCUT2D eigenvalue weighted by molar-refractivity contribution is 6.31. The van der Waals surface area contributed by atoms with Gasteiger partial charge in [0.2, 0.25) is 0 Å². The van der Waals surface area contributed by atoms with Gasteiger partial charge in [0.05, 0.1) is 5.56 Å². The normalized spacial score (nSPS) is 10.1. The van der Waals surface area contributed by atoms with E-state index in [0.29, 0.717) is 18.2 Å². The number of methoxy groups -OCH3 is 1. The molecule has 1 aromatic carbocycles. The van der Waals surface area contributed by atoms with E-state index in [1.165, 1.54) is 18.2 Å². The number of nitrogens with one attached hydrogen (secondary N) is 1. The molecule has 4 nitrogen and oxygen atoms in total. The Hall–Kier alpha value is -1.26. The van der Waals surface area contributed by atoms with E-state index in [2.05, 4.69) is 5.32 Å². The van der Waals surface area contributed by atoms with Gasteiger partial charge in [-0.25, -0.2) is 0 Å². The summed E-state index contributed by atoms with van der Waals surface area (Å²) in [6.45, 7) is 1.08. The smallest absolute Gasteiger partial charge is 0.255 e. The van der Waals surface area contributed by atoms with Gasteiger partial charge < -0.3 is 15.2 Å². The van der Waals surface area contributed by atoms with E-state index in [1.54, 1.807) is 7.11 Å². The third-order valence-electron chi connectivity index (χ3n) is 2.01. The number of phenolic OH excluding ortho intramolecular Hbond substituents is 1. The first-order valence-electron chi connectivity index (χ1n) is 4.91. The average molecular weight is 244 g/mol. The zero-order valence-electron chi connectivity index (χ0n) is 9.00. The van der Waals surface area contributed by atoms with Gasteiger partial charge in [0.1, 0.15) is 5.75 Å². The Morgan fingerprint density at radius 1 is 1.56 bits per heavy atom. The Labute approximate surface area is 99.2 Å². The van der Waals surface area contributed by atoms with Crippen molar-refractivity contribution < 1.29 is 14.6 Å². The van der Waals surface area contributed by atoms with Crippen LogP contribution in [-0.2, 0) is 4.74 Å². The molecule has 0 aliphatic carbocycles. The summed E-state index contributed by atoms with van der Waals surface area (Å²) < 4.78 is 4.85. The molecule has 0 aliphatic heterocycles. The molecule has 5 heteroatoms. The van der Waals surface area contributed by atoms with Crippen LogP contribution in [0.1, 0.15) is 16.8 Å². The van der Waals surface area contributed by atoms with E-state index in [9.17, 15) is 9.90 Å². The minimum atomic E-state index is -0.337. The number of ether oxygens (including phenoxy) is 1. The summed E-state index contributed by atoms with van der Waals surface area (Å²) in [6.07, 6.45) is 0.726. The van der Waals surface area contributed by atoms with Crippen molar-refractivity contribution >= 4 is 17.5 Å². The topological polar surface area (TPSA) is 58.6 Å². The van der Waals surface area contributed by atoms with Crippen LogP contribution in [0.2, 0.25) is 5.02 Å². The van der Waals surface area contributed by atoms with Gasteiger partial charge in [-0.1, -0.05) is 11.6 Å².